The highest BCUT2D eigenvalue weighted by molar-refractivity contribution is 6.14. The van der Waals surface area contributed by atoms with Crippen LogP contribution in [0.25, 0.3) is 12.2 Å². The van der Waals surface area contributed by atoms with Gasteiger partial charge in [-0.2, -0.15) is 0 Å². The first kappa shape index (κ1) is 12.7. The first-order chi connectivity index (χ1) is 9.72. The van der Waals surface area contributed by atoms with E-state index in [9.17, 15) is 4.79 Å². The molecule has 3 rings (SSSR count). The number of likely N-dealkylation sites (tertiary alicyclic amines) is 1. The molecule has 0 atom stereocenters. The van der Waals surface area contributed by atoms with Crippen LogP contribution in [-0.2, 0) is 4.79 Å². The van der Waals surface area contributed by atoms with Crippen LogP contribution in [-0.4, -0.2) is 30.8 Å². The van der Waals surface area contributed by atoms with Crippen LogP contribution < -0.4 is 0 Å². The molecular formula is C16H15NO3. The fourth-order valence-corrected chi connectivity index (χ4v) is 2.30. The maximum Gasteiger partial charge on any atom is 0.187 e. The third-order valence-electron chi connectivity index (χ3n) is 3.18. The second-order valence-corrected chi connectivity index (χ2v) is 4.87. The number of rotatable bonds is 2. The predicted molar refractivity (Wildman–Crippen MR) is 75.9 cm³/mol. The Labute approximate surface area is 117 Å². The summed E-state index contributed by atoms with van der Waals surface area (Å²) in [4.78, 5) is 14.6. The van der Waals surface area contributed by atoms with Gasteiger partial charge >= 0.3 is 0 Å². The molecule has 0 aromatic carbocycles. The number of ketones is 1. The zero-order valence-electron chi connectivity index (χ0n) is 11.2. The molecule has 0 saturated carbocycles. The molecule has 1 fully saturated rings. The number of furan rings is 2. The van der Waals surface area contributed by atoms with Crippen molar-refractivity contribution in [2.24, 2.45) is 0 Å². The molecule has 1 saturated heterocycles. The second kappa shape index (κ2) is 5.35. The Bertz CT molecular complexity index is 592. The molecule has 0 spiro atoms. The van der Waals surface area contributed by atoms with Crippen LogP contribution in [0.3, 0.4) is 0 Å². The lowest BCUT2D eigenvalue weighted by Gasteiger charge is -2.25. The van der Waals surface area contributed by atoms with Gasteiger partial charge in [-0.1, -0.05) is 0 Å². The molecule has 0 N–H and O–H groups in total. The summed E-state index contributed by atoms with van der Waals surface area (Å²) in [5.41, 5.74) is 1.46. The van der Waals surface area contributed by atoms with Gasteiger partial charge in [0.1, 0.15) is 11.5 Å². The summed E-state index contributed by atoms with van der Waals surface area (Å²) in [6, 6.07) is 7.29. The number of nitrogens with zero attached hydrogens (tertiary/aromatic N) is 1. The Hall–Kier alpha value is -2.33. The normalized spacial score (nSPS) is 20.9. The highest BCUT2D eigenvalue weighted by Crippen LogP contribution is 2.21. The number of likely N-dealkylation sites (N-methyl/N-ethyl adjacent to an activating group) is 1. The van der Waals surface area contributed by atoms with E-state index < -0.39 is 0 Å². The average molecular weight is 269 g/mol. The quantitative estimate of drug-likeness (QED) is 0.786. The molecule has 4 nitrogen and oxygen atoms in total. The Morgan fingerprint density at radius 3 is 1.90 bits per heavy atom. The predicted octanol–water partition coefficient (Wildman–Crippen LogP) is 2.85. The van der Waals surface area contributed by atoms with Crippen molar-refractivity contribution in [1.29, 1.82) is 0 Å². The molecule has 0 amide bonds. The largest absolute Gasteiger partial charge is 0.465 e. The van der Waals surface area contributed by atoms with Crippen molar-refractivity contribution in [2.45, 2.75) is 0 Å². The summed E-state index contributed by atoms with van der Waals surface area (Å²) in [5.74, 6) is 1.44. The number of carbonyl (C=O) groups is 1. The van der Waals surface area contributed by atoms with Crippen molar-refractivity contribution in [3.05, 3.63) is 59.5 Å². The van der Waals surface area contributed by atoms with Gasteiger partial charge in [0.2, 0.25) is 0 Å². The van der Waals surface area contributed by atoms with Crippen LogP contribution in [0.1, 0.15) is 11.5 Å². The van der Waals surface area contributed by atoms with Gasteiger partial charge in [-0.25, -0.2) is 0 Å². The van der Waals surface area contributed by atoms with Crippen molar-refractivity contribution >= 4 is 17.9 Å². The van der Waals surface area contributed by atoms with Crippen LogP contribution in [0.15, 0.2) is 56.8 Å². The van der Waals surface area contributed by atoms with Gasteiger partial charge in [0.15, 0.2) is 5.78 Å². The van der Waals surface area contributed by atoms with E-state index in [0.29, 0.717) is 24.6 Å². The molecule has 20 heavy (non-hydrogen) atoms. The lowest BCUT2D eigenvalue weighted by Crippen LogP contribution is -2.34. The van der Waals surface area contributed by atoms with Crippen molar-refractivity contribution in [2.75, 3.05) is 20.1 Å². The van der Waals surface area contributed by atoms with Crippen molar-refractivity contribution in [3.8, 4) is 0 Å². The lowest BCUT2D eigenvalue weighted by atomic mass is 9.96. The van der Waals surface area contributed by atoms with Gasteiger partial charge in [0, 0.05) is 24.2 Å². The van der Waals surface area contributed by atoms with Crippen LogP contribution in [0.5, 0.6) is 0 Å². The van der Waals surface area contributed by atoms with Gasteiger partial charge in [0.05, 0.1) is 12.5 Å². The molecule has 1 aliphatic heterocycles. The highest BCUT2D eigenvalue weighted by atomic mass is 16.3. The van der Waals surface area contributed by atoms with E-state index in [-0.39, 0.29) is 5.78 Å². The molecule has 2 aromatic heterocycles. The Morgan fingerprint density at radius 1 is 1.00 bits per heavy atom. The van der Waals surface area contributed by atoms with Gasteiger partial charge in [-0.15, -0.1) is 0 Å². The molecule has 0 bridgehead atoms. The number of piperidine rings is 1. The highest BCUT2D eigenvalue weighted by Gasteiger charge is 2.24. The number of hydrogen-bond donors (Lipinski definition) is 0. The van der Waals surface area contributed by atoms with Crippen LogP contribution >= 0.6 is 0 Å². The summed E-state index contributed by atoms with van der Waals surface area (Å²) in [6.45, 7) is 1.24. The van der Waals surface area contributed by atoms with E-state index in [1.165, 1.54) is 0 Å². The minimum atomic E-state index is 0.0518. The van der Waals surface area contributed by atoms with Crippen molar-refractivity contribution in [3.63, 3.8) is 0 Å². The Kier molecular flexibility index (Phi) is 3.39. The maximum atomic E-state index is 12.5. The van der Waals surface area contributed by atoms with Gasteiger partial charge in [-0.3, -0.25) is 9.69 Å². The molecule has 2 aromatic rings. The van der Waals surface area contributed by atoms with E-state index in [0.717, 1.165) is 11.1 Å². The molecule has 102 valence electrons. The van der Waals surface area contributed by atoms with Gasteiger partial charge < -0.3 is 8.83 Å². The smallest absolute Gasteiger partial charge is 0.187 e. The molecular weight excluding hydrogens is 254 g/mol. The minimum absolute atomic E-state index is 0.0518. The number of hydrogen-bond acceptors (Lipinski definition) is 4. The second-order valence-electron chi connectivity index (χ2n) is 4.87. The number of carbonyl (C=O) groups excluding carboxylic acids is 1. The molecule has 0 unspecified atom stereocenters. The third kappa shape index (κ3) is 2.65. The Balaban J connectivity index is 1.92. The molecule has 1 aliphatic rings. The van der Waals surface area contributed by atoms with Crippen molar-refractivity contribution < 1.29 is 13.6 Å². The van der Waals surface area contributed by atoms with Crippen LogP contribution in [0.2, 0.25) is 0 Å². The summed E-state index contributed by atoms with van der Waals surface area (Å²) in [5, 5.41) is 0. The minimum Gasteiger partial charge on any atom is -0.465 e. The SMILES string of the molecule is CN1C/C(=C\c2ccco2)C(=O)/C(=C/c2ccco2)C1. The standard InChI is InChI=1S/C16H15NO3/c1-17-10-12(8-14-4-2-6-19-14)16(18)13(11-17)9-15-5-3-7-20-15/h2-9H,10-11H2,1H3/b12-8+,13-9+. The summed E-state index contributed by atoms with van der Waals surface area (Å²) >= 11 is 0. The zero-order chi connectivity index (χ0) is 13.9. The zero-order valence-corrected chi connectivity index (χ0v) is 11.2. The van der Waals surface area contributed by atoms with Gasteiger partial charge in [-0.05, 0) is 43.5 Å². The lowest BCUT2D eigenvalue weighted by molar-refractivity contribution is -0.113. The Morgan fingerprint density at radius 2 is 1.50 bits per heavy atom. The molecule has 0 radical (unpaired) electrons. The first-order valence-electron chi connectivity index (χ1n) is 6.44. The fraction of sp³-hybridized carbons (Fsp3) is 0.188. The third-order valence-corrected chi connectivity index (χ3v) is 3.18. The first-order valence-corrected chi connectivity index (χ1v) is 6.44. The monoisotopic (exact) mass is 269 g/mol. The average Bonchev–Trinajstić information content (AvgIpc) is 3.08. The topological polar surface area (TPSA) is 46.6 Å². The van der Waals surface area contributed by atoms with E-state index in [4.69, 9.17) is 8.83 Å². The van der Waals surface area contributed by atoms with E-state index in [1.807, 2.05) is 31.3 Å². The molecule has 3 heterocycles. The summed E-state index contributed by atoms with van der Waals surface area (Å²) < 4.78 is 10.6. The summed E-state index contributed by atoms with van der Waals surface area (Å²) in [7, 11) is 1.98. The van der Waals surface area contributed by atoms with E-state index >= 15 is 0 Å². The maximum absolute atomic E-state index is 12.5. The summed E-state index contributed by atoms with van der Waals surface area (Å²) in [6.07, 6.45) is 6.80. The fourth-order valence-electron chi connectivity index (χ4n) is 2.30. The van der Waals surface area contributed by atoms with Crippen molar-refractivity contribution in [1.82, 2.24) is 4.90 Å². The van der Waals surface area contributed by atoms with Crippen LogP contribution in [0.4, 0.5) is 0 Å². The van der Waals surface area contributed by atoms with Gasteiger partial charge in [0.25, 0.3) is 0 Å². The van der Waals surface area contributed by atoms with E-state index in [1.54, 1.807) is 24.7 Å². The van der Waals surface area contributed by atoms with Crippen LogP contribution in [0, 0.1) is 0 Å². The molecule has 4 heteroatoms. The number of Topliss-reactive ketones (excluding diaryl/α,β-unsaturated/α-hetero) is 1. The van der Waals surface area contributed by atoms with E-state index in [2.05, 4.69) is 4.90 Å². The molecule has 0 aliphatic carbocycles.